The van der Waals surface area contributed by atoms with Gasteiger partial charge in [0.05, 0.1) is 0 Å². The Bertz CT molecular complexity index is 143. The largest absolute Gasteiger partial charge is 0.306 e. The van der Waals surface area contributed by atoms with Crippen molar-refractivity contribution < 1.29 is 0 Å². The summed E-state index contributed by atoms with van der Waals surface area (Å²) >= 11 is 0. The van der Waals surface area contributed by atoms with Crippen molar-refractivity contribution in [2.75, 3.05) is 20.1 Å². The maximum atomic E-state index is 2.44. The lowest BCUT2D eigenvalue weighted by Gasteiger charge is -2.20. The van der Waals surface area contributed by atoms with Gasteiger partial charge in [0.15, 0.2) is 0 Å². The van der Waals surface area contributed by atoms with Crippen LogP contribution in [0, 0.1) is 11.8 Å². The third-order valence-electron chi connectivity index (χ3n) is 3.15. The van der Waals surface area contributed by atoms with Crippen LogP contribution in [0.15, 0.2) is 0 Å². The molecule has 0 saturated carbocycles. The Morgan fingerprint density at radius 3 is 1.78 bits per heavy atom. The van der Waals surface area contributed by atoms with Gasteiger partial charge >= 0.3 is 0 Å². The first kappa shape index (κ1) is 20.3. The summed E-state index contributed by atoms with van der Waals surface area (Å²) < 4.78 is 0. The number of hydrogen-bond acceptors (Lipinski definition) is 1. The monoisotopic (exact) mass is 257 g/mol. The first-order valence-corrected chi connectivity index (χ1v) is 8.16. The molecule has 0 aromatic rings. The van der Waals surface area contributed by atoms with E-state index in [-0.39, 0.29) is 0 Å². The smallest absolute Gasteiger partial charge is 0.000397 e. The molecule has 112 valence electrons. The summed E-state index contributed by atoms with van der Waals surface area (Å²) in [6.07, 6.45) is 8.10. The van der Waals surface area contributed by atoms with Gasteiger partial charge < -0.3 is 4.90 Å². The summed E-state index contributed by atoms with van der Waals surface area (Å²) in [5.41, 5.74) is 0. The minimum atomic E-state index is 0.876. The normalized spacial score (nSPS) is 12.5. The molecule has 1 nitrogen and oxygen atoms in total. The Hall–Kier alpha value is -0.0400. The predicted molar refractivity (Wildman–Crippen MR) is 86.2 cm³/mol. The van der Waals surface area contributed by atoms with Gasteiger partial charge in [-0.05, 0) is 38.3 Å². The molecule has 0 heterocycles. The van der Waals surface area contributed by atoms with E-state index >= 15 is 0 Å². The van der Waals surface area contributed by atoms with E-state index < -0.39 is 0 Å². The van der Waals surface area contributed by atoms with Crippen LogP contribution < -0.4 is 0 Å². The average molecular weight is 258 g/mol. The van der Waals surface area contributed by atoms with Crippen LogP contribution in [0.3, 0.4) is 0 Å². The summed E-state index contributed by atoms with van der Waals surface area (Å²) in [4.78, 5) is 2.44. The maximum absolute atomic E-state index is 2.44. The lowest BCUT2D eigenvalue weighted by molar-refractivity contribution is 0.276. The first-order chi connectivity index (χ1) is 8.47. The van der Waals surface area contributed by atoms with Crippen LogP contribution in [0.25, 0.3) is 0 Å². The minimum Gasteiger partial charge on any atom is -0.306 e. The van der Waals surface area contributed by atoms with Gasteiger partial charge in [-0.25, -0.2) is 0 Å². The molecule has 18 heavy (non-hydrogen) atoms. The fourth-order valence-electron chi connectivity index (χ4n) is 2.23. The lowest BCUT2D eigenvalue weighted by Crippen LogP contribution is -2.25. The Balaban J connectivity index is 0. The molecule has 0 fully saturated rings. The van der Waals surface area contributed by atoms with Crippen molar-refractivity contribution in [3.8, 4) is 0 Å². The van der Waals surface area contributed by atoms with Crippen LogP contribution in [-0.4, -0.2) is 25.0 Å². The van der Waals surface area contributed by atoms with Crippen LogP contribution in [-0.2, 0) is 0 Å². The van der Waals surface area contributed by atoms with E-state index in [2.05, 4.69) is 53.5 Å². The quantitative estimate of drug-likeness (QED) is 0.520. The number of unbranched alkanes of at least 4 members (excludes halogenated alkanes) is 1. The van der Waals surface area contributed by atoms with Crippen molar-refractivity contribution in [1.82, 2.24) is 4.90 Å². The van der Waals surface area contributed by atoms with E-state index in [0.717, 1.165) is 11.8 Å². The molecule has 0 aromatic heterocycles. The van der Waals surface area contributed by atoms with Crippen molar-refractivity contribution in [1.29, 1.82) is 0 Å². The molecule has 0 N–H and O–H groups in total. The van der Waals surface area contributed by atoms with E-state index in [1.54, 1.807) is 0 Å². The van der Waals surface area contributed by atoms with Crippen molar-refractivity contribution >= 4 is 0 Å². The fourth-order valence-corrected chi connectivity index (χ4v) is 2.23. The molecule has 1 unspecified atom stereocenters. The van der Waals surface area contributed by atoms with Crippen LogP contribution in [0.4, 0.5) is 0 Å². The highest BCUT2D eigenvalue weighted by Gasteiger charge is 2.04. The number of hydrogen-bond donors (Lipinski definition) is 0. The number of nitrogens with zero attached hydrogens (tertiary/aromatic N) is 1. The molecule has 0 aliphatic heterocycles. The van der Waals surface area contributed by atoms with Crippen LogP contribution in [0.1, 0.15) is 80.1 Å². The van der Waals surface area contributed by atoms with Crippen molar-refractivity contribution in [2.24, 2.45) is 11.8 Å². The Labute approximate surface area is 117 Å². The molecule has 0 amide bonds. The van der Waals surface area contributed by atoms with Gasteiger partial charge in [0, 0.05) is 6.54 Å². The second-order valence-electron chi connectivity index (χ2n) is 6.19. The summed E-state index contributed by atoms with van der Waals surface area (Å²) in [5.74, 6) is 1.77. The second-order valence-corrected chi connectivity index (χ2v) is 6.19. The first-order valence-electron chi connectivity index (χ1n) is 8.16. The van der Waals surface area contributed by atoms with Crippen molar-refractivity contribution in [3.63, 3.8) is 0 Å². The molecular formula is C17H39N. The summed E-state index contributed by atoms with van der Waals surface area (Å²) in [7, 11) is 2.23. The van der Waals surface area contributed by atoms with Gasteiger partial charge in [-0.15, -0.1) is 0 Å². The maximum Gasteiger partial charge on any atom is 0.000397 e. The van der Waals surface area contributed by atoms with Crippen molar-refractivity contribution in [3.05, 3.63) is 0 Å². The summed E-state index contributed by atoms with van der Waals surface area (Å²) in [6, 6.07) is 0. The molecule has 0 radical (unpaired) electrons. The van der Waals surface area contributed by atoms with Gasteiger partial charge in [-0.3, -0.25) is 0 Å². The molecule has 0 rings (SSSR count). The zero-order chi connectivity index (χ0) is 14.4. The summed E-state index contributed by atoms with van der Waals surface area (Å²) in [5, 5.41) is 0. The van der Waals surface area contributed by atoms with Gasteiger partial charge in [-0.2, -0.15) is 0 Å². The second kappa shape index (κ2) is 15.0. The average Bonchev–Trinajstić information content (AvgIpc) is 2.27. The highest BCUT2D eigenvalue weighted by atomic mass is 15.1. The topological polar surface area (TPSA) is 3.24 Å². The standard InChI is InChI=1S/C11H25N.C6H14/c1-5-7-8-11(3)10-12(4)9-6-2;1-4-5-6(2)3/h11H,5-10H2,1-4H3;6H,4-5H2,1-3H3. The fraction of sp³-hybridized carbons (Fsp3) is 1.00. The van der Waals surface area contributed by atoms with Gasteiger partial charge in [0.25, 0.3) is 0 Å². The van der Waals surface area contributed by atoms with Crippen LogP contribution in [0.5, 0.6) is 0 Å². The highest BCUT2D eigenvalue weighted by molar-refractivity contribution is 4.58. The number of rotatable bonds is 9. The Morgan fingerprint density at radius 1 is 0.833 bits per heavy atom. The van der Waals surface area contributed by atoms with Gasteiger partial charge in [0.1, 0.15) is 0 Å². The molecule has 0 aliphatic rings. The van der Waals surface area contributed by atoms with Gasteiger partial charge in [-0.1, -0.05) is 67.2 Å². The van der Waals surface area contributed by atoms with Crippen LogP contribution in [0.2, 0.25) is 0 Å². The zero-order valence-corrected chi connectivity index (χ0v) is 14.3. The third kappa shape index (κ3) is 18.3. The van der Waals surface area contributed by atoms with E-state index in [1.165, 1.54) is 51.6 Å². The van der Waals surface area contributed by atoms with Gasteiger partial charge in [0.2, 0.25) is 0 Å². The third-order valence-corrected chi connectivity index (χ3v) is 3.15. The predicted octanol–water partition coefficient (Wildman–Crippen LogP) is 5.60. The molecule has 0 aromatic carbocycles. The molecule has 1 heteroatoms. The molecule has 0 bridgehead atoms. The van der Waals surface area contributed by atoms with Crippen LogP contribution >= 0.6 is 0 Å². The molecule has 0 aliphatic carbocycles. The molecule has 0 spiro atoms. The van der Waals surface area contributed by atoms with E-state index in [0.29, 0.717) is 0 Å². The molecule has 0 saturated heterocycles. The Morgan fingerprint density at radius 2 is 1.44 bits per heavy atom. The SMILES string of the molecule is CCCC(C)C.CCCCC(C)CN(C)CCC. The van der Waals surface area contributed by atoms with Crippen molar-refractivity contribution in [2.45, 2.75) is 80.1 Å². The lowest BCUT2D eigenvalue weighted by atomic mass is 10.0. The summed E-state index contributed by atoms with van der Waals surface area (Å²) in [6.45, 7) is 16.1. The molecular weight excluding hydrogens is 218 g/mol. The Kier molecular flexibility index (Phi) is 16.9. The highest BCUT2D eigenvalue weighted by Crippen LogP contribution is 2.08. The zero-order valence-electron chi connectivity index (χ0n) is 14.3. The van der Waals surface area contributed by atoms with E-state index in [9.17, 15) is 0 Å². The molecule has 1 atom stereocenters. The van der Waals surface area contributed by atoms with E-state index in [1.807, 2.05) is 0 Å². The minimum absolute atomic E-state index is 0.876. The van der Waals surface area contributed by atoms with E-state index in [4.69, 9.17) is 0 Å².